The van der Waals surface area contributed by atoms with Gasteiger partial charge in [-0.3, -0.25) is 14.9 Å². The van der Waals surface area contributed by atoms with Crippen LogP contribution < -0.4 is 5.73 Å². The molecule has 0 spiro atoms. The van der Waals surface area contributed by atoms with Gasteiger partial charge in [-0.25, -0.2) is 4.98 Å². The van der Waals surface area contributed by atoms with Crippen LogP contribution >= 0.6 is 34.7 Å². The average molecular weight is 366 g/mol. The Morgan fingerprint density at radius 3 is 2.78 bits per heavy atom. The number of aromatic nitrogens is 1. The Morgan fingerprint density at radius 2 is 2.09 bits per heavy atom. The SMILES string of the molecule is NC(=O)c1ccc(Sc2nc3cc(Cl)ccc3s2)c([N+](=O)[O-])c1. The van der Waals surface area contributed by atoms with E-state index in [-0.39, 0.29) is 11.3 Å². The topological polar surface area (TPSA) is 99.1 Å². The lowest BCUT2D eigenvalue weighted by atomic mass is 10.2. The maximum Gasteiger partial charge on any atom is 0.284 e. The highest BCUT2D eigenvalue weighted by Gasteiger charge is 2.19. The highest BCUT2D eigenvalue weighted by molar-refractivity contribution is 8.01. The highest BCUT2D eigenvalue weighted by Crippen LogP contribution is 2.39. The highest BCUT2D eigenvalue weighted by atomic mass is 35.5. The first kappa shape index (κ1) is 15.7. The van der Waals surface area contributed by atoms with E-state index in [2.05, 4.69) is 4.98 Å². The van der Waals surface area contributed by atoms with Crippen molar-refractivity contribution in [1.29, 1.82) is 0 Å². The van der Waals surface area contributed by atoms with Gasteiger partial charge in [-0.2, -0.15) is 0 Å². The Labute approximate surface area is 143 Å². The number of hydrogen-bond acceptors (Lipinski definition) is 6. The second-order valence-electron chi connectivity index (χ2n) is 4.50. The predicted molar refractivity (Wildman–Crippen MR) is 90.4 cm³/mol. The number of nitro groups is 1. The number of nitro benzene ring substituents is 1. The molecule has 116 valence electrons. The lowest BCUT2D eigenvalue weighted by molar-refractivity contribution is -0.387. The smallest absolute Gasteiger partial charge is 0.284 e. The third-order valence-electron chi connectivity index (χ3n) is 2.97. The summed E-state index contributed by atoms with van der Waals surface area (Å²) in [6.45, 7) is 0. The molecule has 0 saturated heterocycles. The molecular weight excluding hydrogens is 358 g/mol. The molecule has 0 radical (unpaired) electrons. The van der Waals surface area contributed by atoms with Crippen molar-refractivity contribution in [3.05, 3.63) is 57.1 Å². The number of halogens is 1. The van der Waals surface area contributed by atoms with Gasteiger partial charge in [0.1, 0.15) is 0 Å². The molecule has 0 aliphatic rings. The Hall–Kier alpha value is -2.16. The molecule has 0 saturated carbocycles. The van der Waals surface area contributed by atoms with E-state index in [9.17, 15) is 14.9 Å². The van der Waals surface area contributed by atoms with Crippen molar-refractivity contribution < 1.29 is 9.72 Å². The van der Waals surface area contributed by atoms with Gasteiger partial charge in [0.2, 0.25) is 5.91 Å². The summed E-state index contributed by atoms with van der Waals surface area (Å²) in [5, 5.41) is 11.8. The zero-order valence-electron chi connectivity index (χ0n) is 11.4. The van der Waals surface area contributed by atoms with E-state index in [0.29, 0.717) is 14.3 Å². The van der Waals surface area contributed by atoms with Gasteiger partial charge >= 0.3 is 0 Å². The maximum atomic E-state index is 11.2. The van der Waals surface area contributed by atoms with Gasteiger partial charge in [0.25, 0.3) is 5.69 Å². The summed E-state index contributed by atoms with van der Waals surface area (Å²) >= 11 is 8.50. The van der Waals surface area contributed by atoms with Crippen LogP contribution in [0.25, 0.3) is 10.2 Å². The van der Waals surface area contributed by atoms with Gasteiger partial charge in [-0.05, 0) is 30.3 Å². The number of thiazole rings is 1. The van der Waals surface area contributed by atoms with Crippen LogP contribution in [0.15, 0.2) is 45.6 Å². The molecular formula is C14H8ClN3O3S2. The summed E-state index contributed by atoms with van der Waals surface area (Å²) in [7, 11) is 0. The minimum atomic E-state index is -0.709. The first-order valence-electron chi connectivity index (χ1n) is 6.26. The molecule has 2 aromatic carbocycles. The van der Waals surface area contributed by atoms with Crippen LogP contribution in [0.3, 0.4) is 0 Å². The quantitative estimate of drug-likeness (QED) is 0.554. The van der Waals surface area contributed by atoms with Gasteiger partial charge in [-0.1, -0.05) is 23.4 Å². The van der Waals surface area contributed by atoms with Gasteiger partial charge in [0.05, 0.1) is 20.0 Å². The Kier molecular flexibility index (Phi) is 4.20. The van der Waals surface area contributed by atoms with Crippen molar-refractivity contribution in [3.8, 4) is 0 Å². The van der Waals surface area contributed by atoms with E-state index in [0.717, 1.165) is 10.2 Å². The number of carbonyl (C=O) groups is 1. The molecule has 6 nitrogen and oxygen atoms in total. The van der Waals surface area contributed by atoms with Crippen molar-refractivity contribution in [2.24, 2.45) is 5.73 Å². The Balaban J connectivity index is 2.00. The number of nitrogens with zero attached hydrogens (tertiary/aromatic N) is 2. The zero-order valence-corrected chi connectivity index (χ0v) is 13.7. The molecule has 0 aliphatic heterocycles. The Bertz CT molecular complexity index is 942. The molecule has 9 heteroatoms. The van der Waals surface area contributed by atoms with Crippen molar-refractivity contribution in [2.45, 2.75) is 9.24 Å². The molecule has 0 fully saturated rings. The van der Waals surface area contributed by atoms with Gasteiger partial charge < -0.3 is 5.73 Å². The van der Waals surface area contributed by atoms with Crippen LogP contribution in [0, 0.1) is 10.1 Å². The minimum absolute atomic E-state index is 0.0946. The van der Waals surface area contributed by atoms with Crippen molar-refractivity contribution in [1.82, 2.24) is 4.98 Å². The fourth-order valence-electron chi connectivity index (χ4n) is 1.92. The fraction of sp³-hybridized carbons (Fsp3) is 0. The molecule has 1 heterocycles. The van der Waals surface area contributed by atoms with Crippen LogP contribution in [0.2, 0.25) is 5.02 Å². The number of hydrogen-bond donors (Lipinski definition) is 1. The molecule has 0 unspecified atom stereocenters. The number of benzene rings is 2. The van der Waals surface area contributed by atoms with Gasteiger partial charge in [0, 0.05) is 16.7 Å². The van der Waals surface area contributed by atoms with E-state index in [4.69, 9.17) is 17.3 Å². The zero-order chi connectivity index (χ0) is 16.6. The van der Waals surface area contributed by atoms with Crippen LogP contribution in [0.4, 0.5) is 5.69 Å². The first-order chi connectivity index (χ1) is 10.9. The number of rotatable bonds is 4. The van der Waals surface area contributed by atoms with Crippen LogP contribution in [-0.4, -0.2) is 15.8 Å². The van der Waals surface area contributed by atoms with Crippen molar-refractivity contribution in [2.75, 3.05) is 0 Å². The number of carbonyl (C=O) groups excluding carboxylic acids is 1. The molecule has 3 rings (SSSR count). The van der Waals surface area contributed by atoms with E-state index >= 15 is 0 Å². The monoisotopic (exact) mass is 365 g/mol. The normalized spacial score (nSPS) is 10.8. The number of nitrogens with two attached hydrogens (primary N) is 1. The molecule has 2 N–H and O–H groups in total. The lowest BCUT2D eigenvalue weighted by Gasteiger charge is -2.02. The summed E-state index contributed by atoms with van der Waals surface area (Å²) in [6, 6.07) is 9.49. The molecule has 0 bridgehead atoms. The van der Waals surface area contributed by atoms with E-state index < -0.39 is 10.8 Å². The van der Waals surface area contributed by atoms with E-state index in [1.54, 1.807) is 12.1 Å². The van der Waals surface area contributed by atoms with Gasteiger partial charge in [-0.15, -0.1) is 11.3 Å². The average Bonchev–Trinajstić information content (AvgIpc) is 2.88. The summed E-state index contributed by atoms with van der Waals surface area (Å²) in [6.07, 6.45) is 0. The molecule has 1 aromatic heterocycles. The summed E-state index contributed by atoms with van der Waals surface area (Å²) < 4.78 is 1.59. The molecule has 23 heavy (non-hydrogen) atoms. The van der Waals surface area contributed by atoms with Crippen LogP contribution in [0.5, 0.6) is 0 Å². The third kappa shape index (κ3) is 3.29. The molecule has 0 aliphatic carbocycles. The largest absolute Gasteiger partial charge is 0.366 e. The van der Waals surface area contributed by atoms with E-state index in [1.807, 2.05) is 6.07 Å². The summed E-state index contributed by atoms with van der Waals surface area (Å²) in [5.74, 6) is -0.709. The number of amides is 1. The molecule has 1 amide bonds. The number of primary amides is 1. The summed E-state index contributed by atoms with van der Waals surface area (Å²) in [5.41, 5.74) is 5.81. The lowest BCUT2D eigenvalue weighted by Crippen LogP contribution is -2.11. The predicted octanol–water partition coefficient (Wildman–Crippen LogP) is 4.11. The molecule has 0 atom stereocenters. The maximum absolute atomic E-state index is 11.2. The first-order valence-corrected chi connectivity index (χ1v) is 8.27. The van der Waals surface area contributed by atoms with Crippen molar-refractivity contribution >= 4 is 56.5 Å². The Morgan fingerprint density at radius 1 is 1.30 bits per heavy atom. The standard InChI is InChI=1S/C14H8ClN3O3S2/c15-8-2-4-11-9(6-8)17-14(22-11)23-12-3-1-7(13(16)19)5-10(12)18(20)21/h1-6H,(H2,16,19). The van der Waals surface area contributed by atoms with Crippen LogP contribution in [-0.2, 0) is 0 Å². The third-order valence-corrected chi connectivity index (χ3v) is 5.36. The minimum Gasteiger partial charge on any atom is -0.366 e. The second-order valence-corrected chi connectivity index (χ2v) is 7.25. The number of fused-ring (bicyclic) bond motifs is 1. The molecule has 3 aromatic rings. The second kappa shape index (κ2) is 6.15. The summed E-state index contributed by atoms with van der Waals surface area (Å²) in [4.78, 5) is 26.6. The van der Waals surface area contributed by atoms with E-state index in [1.165, 1.54) is 41.3 Å². The van der Waals surface area contributed by atoms with Gasteiger partial charge in [0.15, 0.2) is 4.34 Å². The van der Waals surface area contributed by atoms with Crippen molar-refractivity contribution in [3.63, 3.8) is 0 Å². The van der Waals surface area contributed by atoms with Crippen LogP contribution in [0.1, 0.15) is 10.4 Å². The fourth-order valence-corrected chi connectivity index (χ4v) is 4.17.